The highest BCUT2D eigenvalue weighted by molar-refractivity contribution is 5.99. The van der Waals surface area contributed by atoms with Crippen molar-refractivity contribution in [1.29, 1.82) is 0 Å². The summed E-state index contributed by atoms with van der Waals surface area (Å²) < 4.78 is 0. The van der Waals surface area contributed by atoms with Crippen molar-refractivity contribution >= 4 is 33.6 Å². The van der Waals surface area contributed by atoms with Crippen LogP contribution in [0.3, 0.4) is 0 Å². The van der Waals surface area contributed by atoms with Gasteiger partial charge in [0, 0.05) is 11.1 Å². The molecule has 134 valence electrons. The molecule has 0 fully saturated rings. The molecule has 6 nitrogen and oxygen atoms in total. The number of nitrogens with two attached hydrogens (primary N) is 2. The number of hydrogen-bond donors (Lipinski definition) is 2. The summed E-state index contributed by atoms with van der Waals surface area (Å²) in [6.45, 7) is 0. The van der Waals surface area contributed by atoms with Crippen LogP contribution >= 0.6 is 0 Å². The number of fused-ring (bicyclic) bond motifs is 2. The van der Waals surface area contributed by atoms with Crippen LogP contribution in [0.2, 0.25) is 0 Å². The van der Waals surface area contributed by atoms with Crippen LogP contribution < -0.4 is 11.5 Å². The first kappa shape index (κ1) is 16.1. The maximum absolute atomic E-state index is 6.27. The molecule has 0 saturated heterocycles. The van der Waals surface area contributed by atoms with Gasteiger partial charge >= 0.3 is 0 Å². The summed E-state index contributed by atoms with van der Waals surface area (Å²) in [5, 5.41) is 2.15. The van der Waals surface area contributed by atoms with Gasteiger partial charge < -0.3 is 11.5 Å². The minimum Gasteiger partial charge on any atom is -0.382 e. The molecular weight excluding hydrogens is 348 g/mol. The summed E-state index contributed by atoms with van der Waals surface area (Å²) in [7, 11) is 0. The second-order valence-electron chi connectivity index (χ2n) is 6.45. The van der Waals surface area contributed by atoms with Gasteiger partial charge in [-0.1, -0.05) is 72.8 Å². The molecule has 0 amide bonds. The second-order valence-corrected chi connectivity index (χ2v) is 6.45. The van der Waals surface area contributed by atoms with Crippen molar-refractivity contribution in [3.05, 3.63) is 72.8 Å². The Morgan fingerprint density at radius 3 is 2.21 bits per heavy atom. The minimum absolute atomic E-state index is 0.276. The van der Waals surface area contributed by atoms with Crippen molar-refractivity contribution in [2.24, 2.45) is 0 Å². The van der Waals surface area contributed by atoms with Crippen molar-refractivity contribution in [2.45, 2.75) is 0 Å². The van der Waals surface area contributed by atoms with Crippen molar-refractivity contribution in [2.75, 3.05) is 11.5 Å². The third-order valence-electron chi connectivity index (χ3n) is 4.66. The molecule has 4 N–H and O–H groups in total. The van der Waals surface area contributed by atoms with Crippen LogP contribution in [0, 0.1) is 0 Å². The standard InChI is InChI=1S/C22H16N6/c23-19-17(16-12-6-10-13-7-4-5-11-15(13)16)25-18-20(24)26-21(28-22(18)27-19)14-8-2-1-3-9-14/h1-12H,(H4,23,24,26,27,28). The summed E-state index contributed by atoms with van der Waals surface area (Å²) >= 11 is 0. The molecule has 0 aliphatic heterocycles. The Kier molecular flexibility index (Phi) is 3.62. The van der Waals surface area contributed by atoms with Gasteiger partial charge in [0.2, 0.25) is 0 Å². The number of nitrogens with zero attached hydrogens (tertiary/aromatic N) is 4. The molecule has 28 heavy (non-hydrogen) atoms. The smallest absolute Gasteiger partial charge is 0.186 e. The van der Waals surface area contributed by atoms with Crippen LogP contribution in [-0.2, 0) is 0 Å². The van der Waals surface area contributed by atoms with Crippen LogP contribution in [0.5, 0.6) is 0 Å². The molecule has 0 aliphatic carbocycles. The van der Waals surface area contributed by atoms with Gasteiger partial charge in [-0.15, -0.1) is 0 Å². The van der Waals surface area contributed by atoms with Crippen LogP contribution in [0.1, 0.15) is 0 Å². The van der Waals surface area contributed by atoms with Crippen LogP contribution in [-0.4, -0.2) is 19.9 Å². The van der Waals surface area contributed by atoms with Gasteiger partial charge in [-0.05, 0) is 10.8 Å². The van der Waals surface area contributed by atoms with Gasteiger partial charge in [-0.2, -0.15) is 0 Å². The first-order chi connectivity index (χ1) is 13.7. The number of nitrogen functional groups attached to an aromatic ring is 2. The van der Waals surface area contributed by atoms with Gasteiger partial charge in [0.25, 0.3) is 0 Å². The van der Waals surface area contributed by atoms with E-state index in [-0.39, 0.29) is 5.82 Å². The molecule has 0 unspecified atom stereocenters. The maximum Gasteiger partial charge on any atom is 0.186 e. The average Bonchev–Trinajstić information content (AvgIpc) is 2.73. The van der Waals surface area contributed by atoms with E-state index in [2.05, 4.69) is 15.0 Å². The molecule has 0 bridgehead atoms. The van der Waals surface area contributed by atoms with Crippen LogP contribution in [0.25, 0.3) is 44.6 Å². The van der Waals surface area contributed by atoms with E-state index in [0.717, 1.165) is 21.9 Å². The Bertz CT molecular complexity index is 1330. The van der Waals surface area contributed by atoms with E-state index in [1.165, 1.54) is 0 Å². The van der Waals surface area contributed by atoms with E-state index in [9.17, 15) is 0 Å². The summed E-state index contributed by atoms with van der Waals surface area (Å²) in [4.78, 5) is 18.1. The monoisotopic (exact) mass is 364 g/mol. The van der Waals surface area contributed by atoms with Crippen molar-refractivity contribution < 1.29 is 0 Å². The Balaban J connectivity index is 1.74. The van der Waals surface area contributed by atoms with Crippen LogP contribution in [0.4, 0.5) is 11.6 Å². The lowest BCUT2D eigenvalue weighted by Gasteiger charge is -2.11. The largest absolute Gasteiger partial charge is 0.382 e. The summed E-state index contributed by atoms with van der Waals surface area (Å²) in [6.07, 6.45) is 0. The molecule has 2 heterocycles. The molecular formula is C22H16N6. The molecule has 5 rings (SSSR count). The third-order valence-corrected chi connectivity index (χ3v) is 4.66. The molecule has 0 saturated carbocycles. The highest BCUT2D eigenvalue weighted by Crippen LogP contribution is 2.32. The second kappa shape index (κ2) is 6.28. The minimum atomic E-state index is 0.276. The fourth-order valence-corrected chi connectivity index (χ4v) is 3.33. The van der Waals surface area contributed by atoms with Crippen molar-refractivity contribution in [3.8, 4) is 22.6 Å². The summed E-state index contributed by atoms with van der Waals surface area (Å²) in [6, 6.07) is 23.7. The predicted molar refractivity (Wildman–Crippen MR) is 112 cm³/mol. The number of anilines is 2. The first-order valence-electron chi connectivity index (χ1n) is 8.85. The van der Waals surface area contributed by atoms with E-state index < -0.39 is 0 Å². The van der Waals surface area contributed by atoms with E-state index in [1.807, 2.05) is 72.8 Å². The van der Waals surface area contributed by atoms with Gasteiger partial charge in [0.1, 0.15) is 5.69 Å². The molecule has 5 aromatic rings. The highest BCUT2D eigenvalue weighted by Gasteiger charge is 2.16. The van der Waals surface area contributed by atoms with E-state index in [1.54, 1.807) is 0 Å². The summed E-state index contributed by atoms with van der Waals surface area (Å²) in [5.74, 6) is 1.08. The Morgan fingerprint density at radius 1 is 0.607 bits per heavy atom. The Morgan fingerprint density at radius 2 is 1.36 bits per heavy atom. The molecule has 2 aromatic heterocycles. The lowest BCUT2D eigenvalue weighted by atomic mass is 10.0. The quantitative estimate of drug-likeness (QED) is 0.489. The highest BCUT2D eigenvalue weighted by atomic mass is 15.1. The predicted octanol–water partition coefficient (Wildman–Crippen LogP) is 4.07. The van der Waals surface area contributed by atoms with Gasteiger partial charge in [0.15, 0.2) is 28.6 Å². The number of aromatic nitrogens is 4. The third kappa shape index (κ3) is 2.59. The molecule has 0 atom stereocenters. The maximum atomic E-state index is 6.27. The van der Waals surface area contributed by atoms with Gasteiger partial charge in [-0.3, -0.25) is 0 Å². The SMILES string of the molecule is Nc1nc2nc(-c3ccccc3)nc(N)c2nc1-c1cccc2ccccc12. The Labute approximate surface area is 160 Å². The lowest BCUT2D eigenvalue weighted by molar-refractivity contribution is 1.17. The van der Waals surface area contributed by atoms with E-state index in [0.29, 0.717) is 28.5 Å². The summed E-state index contributed by atoms with van der Waals surface area (Å²) in [5.41, 5.74) is 15.6. The zero-order valence-electron chi connectivity index (χ0n) is 14.9. The van der Waals surface area contributed by atoms with Crippen LogP contribution in [0.15, 0.2) is 72.8 Å². The van der Waals surface area contributed by atoms with Crippen molar-refractivity contribution in [1.82, 2.24) is 19.9 Å². The number of rotatable bonds is 2. The van der Waals surface area contributed by atoms with Gasteiger partial charge in [-0.25, -0.2) is 19.9 Å². The number of hydrogen-bond acceptors (Lipinski definition) is 6. The fraction of sp³-hybridized carbons (Fsp3) is 0. The van der Waals surface area contributed by atoms with Crippen molar-refractivity contribution in [3.63, 3.8) is 0 Å². The lowest BCUT2D eigenvalue weighted by Crippen LogP contribution is -2.05. The topological polar surface area (TPSA) is 104 Å². The molecule has 3 aromatic carbocycles. The zero-order chi connectivity index (χ0) is 19.1. The molecule has 6 heteroatoms. The molecule has 0 aliphatic rings. The first-order valence-corrected chi connectivity index (χ1v) is 8.85. The average molecular weight is 364 g/mol. The number of benzene rings is 3. The van der Waals surface area contributed by atoms with E-state index >= 15 is 0 Å². The van der Waals surface area contributed by atoms with Gasteiger partial charge in [0.05, 0.1) is 0 Å². The molecule has 0 radical (unpaired) electrons. The fourth-order valence-electron chi connectivity index (χ4n) is 3.33. The normalized spacial score (nSPS) is 11.1. The Hall–Kier alpha value is -4.06. The zero-order valence-corrected chi connectivity index (χ0v) is 14.9. The molecule has 0 spiro atoms. The van der Waals surface area contributed by atoms with E-state index in [4.69, 9.17) is 16.5 Å².